The Bertz CT molecular complexity index is 1230. The molecule has 0 saturated carbocycles. The molecule has 4 aromatic rings. The molecule has 4 heterocycles. The van der Waals surface area contributed by atoms with Crippen LogP contribution < -0.4 is 4.74 Å². The molecule has 154 valence electrons. The minimum Gasteiger partial charge on any atom is -0.491 e. The summed E-state index contributed by atoms with van der Waals surface area (Å²) in [5.41, 5.74) is 1.20. The van der Waals surface area contributed by atoms with E-state index in [1.54, 1.807) is 41.2 Å². The Hall–Kier alpha value is -2.49. The summed E-state index contributed by atoms with van der Waals surface area (Å²) in [6, 6.07) is 8.80. The van der Waals surface area contributed by atoms with Crippen molar-refractivity contribution < 1.29 is 19.7 Å². The van der Waals surface area contributed by atoms with Crippen LogP contribution in [0.15, 0.2) is 49.1 Å². The quantitative estimate of drug-likeness (QED) is 0.464. The van der Waals surface area contributed by atoms with Crippen molar-refractivity contribution in [1.29, 1.82) is 0 Å². The van der Waals surface area contributed by atoms with Gasteiger partial charge in [-0.15, -0.1) is 0 Å². The second-order valence-electron chi connectivity index (χ2n) is 6.95. The van der Waals surface area contributed by atoms with Gasteiger partial charge in [0.2, 0.25) is 0 Å². The van der Waals surface area contributed by atoms with Crippen molar-refractivity contribution in [2.75, 3.05) is 6.61 Å². The highest BCUT2D eigenvalue weighted by atomic mass is 35.5. The lowest BCUT2D eigenvalue weighted by Crippen LogP contribution is -2.34. The summed E-state index contributed by atoms with van der Waals surface area (Å²) in [6.07, 6.45) is 0.749. The van der Waals surface area contributed by atoms with Gasteiger partial charge < -0.3 is 24.3 Å². The third kappa shape index (κ3) is 3.27. The van der Waals surface area contributed by atoms with E-state index < -0.39 is 24.5 Å². The molecule has 8 nitrogen and oxygen atoms in total. The maximum absolute atomic E-state index is 10.5. The van der Waals surface area contributed by atoms with Gasteiger partial charge in [0.05, 0.1) is 15.9 Å². The highest BCUT2D eigenvalue weighted by Gasteiger charge is 2.44. The summed E-state index contributed by atoms with van der Waals surface area (Å²) in [4.78, 5) is 12.4. The molecule has 0 unspecified atom stereocenters. The fraction of sp³-hybridized carbons (Fsp3) is 0.250. The first kappa shape index (κ1) is 19.5. The third-order valence-corrected chi connectivity index (χ3v) is 5.78. The molecule has 5 rings (SSSR count). The van der Waals surface area contributed by atoms with Gasteiger partial charge in [-0.2, -0.15) is 0 Å². The first-order valence-electron chi connectivity index (χ1n) is 9.18. The lowest BCUT2D eigenvalue weighted by atomic mass is 10.1. The van der Waals surface area contributed by atoms with Gasteiger partial charge in [0.15, 0.2) is 6.23 Å². The van der Waals surface area contributed by atoms with Gasteiger partial charge >= 0.3 is 0 Å². The van der Waals surface area contributed by atoms with Crippen LogP contribution in [0, 0.1) is 0 Å². The molecule has 10 heteroatoms. The van der Waals surface area contributed by atoms with Crippen LogP contribution in [-0.4, -0.2) is 54.7 Å². The van der Waals surface area contributed by atoms with E-state index in [0.717, 1.165) is 5.39 Å². The van der Waals surface area contributed by atoms with Gasteiger partial charge in [-0.3, -0.25) is 4.98 Å². The van der Waals surface area contributed by atoms with Crippen LogP contribution in [-0.2, 0) is 4.74 Å². The molecular weight excluding hydrogens is 431 g/mol. The van der Waals surface area contributed by atoms with Gasteiger partial charge in [-0.1, -0.05) is 23.2 Å². The molecule has 1 saturated heterocycles. The maximum atomic E-state index is 10.5. The number of pyridine rings is 1. The number of fused-ring (bicyclic) bond motifs is 2. The van der Waals surface area contributed by atoms with Gasteiger partial charge in [-0.05, 0) is 24.3 Å². The first-order chi connectivity index (χ1) is 14.5. The summed E-state index contributed by atoms with van der Waals surface area (Å²) in [6.45, 7) is 0.0374. The third-order valence-electron chi connectivity index (χ3n) is 5.15. The fourth-order valence-electron chi connectivity index (χ4n) is 3.60. The van der Waals surface area contributed by atoms with Crippen molar-refractivity contribution >= 4 is 45.1 Å². The van der Waals surface area contributed by atoms with E-state index in [1.165, 1.54) is 6.33 Å². The molecule has 2 N–H and O–H groups in total. The standard InChI is InChI=1S/C20H16Cl2N4O4/c21-13-3-5-23-14-7-10(1-2-11(13)14)29-8-15-16(27)17(28)20(30-15)26-6-4-12-18(22)24-9-25-19(12)26/h1-7,9,15-17,20,27-28H,8H2/t15-,16-,17-,20-/m1/s1. The zero-order valence-electron chi connectivity index (χ0n) is 15.4. The second-order valence-corrected chi connectivity index (χ2v) is 7.72. The topological polar surface area (TPSA) is 103 Å². The highest BCUT2D eigenvalue weighted by Crippen LogP contribution is 2.33. The van der Waals surface area contributed by atoms with Crippen molar-refractivity contribution in [2.24, 2.45) is 0 Å². The van der Waals surface area contributed by atoms with Crippen molar-refractivity contribution in [3.05, 3.63) is 59.2 Å². The van der Waals surface area contributed by atoms with E-state index in [1.807, 2.05) is 6.07 Å². The van der Waals surface area contributed by atoms with E-state index in [2.05, 4.69) is 15.0 Å². The molecule has 0 spiro atoms. The van der Waals surface area contributed by atoms with E-state index in [9.17, 15) is 10.2 Å². The number of halogens is 2. The number of ether oxygens (including phenoxy) is 2. The Morgan fingerprint density at radius 1 is 1.03 bits per heavy atom. The number of nitrogens with zero attached hydrogens (tertiary/aromatic N) is 4. The molecule has 1 aliphatic heterocycles. The minimum atomic E-state index is -1.17. The average Bonchev–Trinajstić information content (AvgIpc) is 3.29. The number of rotatable bonds is 4. The molecule has 0 radical (unpaired) electrons. The summed E-state index contributed by atoms with van der Waals surface area (Å²) >= 11 is 12.2. The van der Waals surface area contributed by atoms with Crippen molar-refractivity contribution in [3.8, 4) is 5.75 Å². The van der Waals surface area contributed by atoms with Crippen LogP contribution in [0.1, 0.15) is 6.23 Å². The molecule has 1 fully saturated rings. The minimum absolute atomic E-state index is 0.0374. The van der Waals surface area contributed by atoms with Crippen LogP contribution in [0.4, 0.5) is 0 Å². The predicted octanol–water partition coefficient (Wildman–Crippen LogP) is 2.98. The largest absolute Gasteiger partial charge is 0.491 e. The molecule has 0 aliphatic carbocycles. The molecule has 1 aromatic carbocycles. The van der Waals surface area contributed by atoms with E-state index in [-0.39, 0.29) is 6.61 Å². The molecule has 0 amide bonds. The molecule has 0 bridgehead atoms. The lowest BCUT2D eigenvalue weighted by Gasteiger charge is -2.17. The zero-order chi connectivity index (χ0) is 20.8. The van der Waals surface area contributed by atoms with E-state index in [4.69, 9.17) is 32.7 Å². The Morgan fingerprint density at radius 2 is 1.90 bits per heavy atom. The smallest absolute Gasteiger partial charge is 0.164 e. The van der Waals surface area contributed by atoms with Crippen LogP contribution in [0.25, 0.3) is 21.9 Å². The number of aliphatic hydroxyl groups excluding tert-OH is 2. The highest BCUT2D eigenvalue weighted by molar-refractivity contribution is 6.35. The molecular formula is C20H16Cl2N4O4. The van der Waals surface area contributed by atoms with Crippen LogP contribution in [0.5, 0.6) is 5.75 Å². The van der Waals surface area contributed by atoms with Gasteiger partial charge in [0, 0.05) is 23.8 Å². The van der Waals surface area contributed by atoms with Crippen molar-refractivity contribution in [1.82, 2.24) is 19.5 Å². The molecule has 4 atom stereocenters. The van der Waals surface area contributed by atoms with Gasteiger partial charge in [0.1, 0.15) is 47.8 Å². The maximum Gasteiger partial charge on any atom is 0.164 e. The fourth-order valence-corrected chi connectivity index (χ4v) is 4.01. The average molecular weight is 447 g/mol. The summed E-state index contributed by atoms with van der Waals surface area (Å²) in [5, 5.41) is 23.4. The van der Waals surface area contributed by atoms with Gasteiger partial charge in [-0.25, -0.2) is 9.97 Å². The van der Waals surface area contributed by atoms with E-state index in [0.29, 0.717) is 32.5 Å². The summed E-state index contributed by atoms with van der Waals surface area (Å²) in [7, 11) is 0. The van der Waals surface area contributed by atoms with Crippen molar-refractivity contribution in [3.63, 3.8) is 0 Å². The monoisotopic (exact) mass is 446 g/mol. The Labute approximate surface area is 180 Å². The van der Waals surface area contributed by atoms with Crippen LogP contribution in [0.3, 0.4) is 0 Å². The zero-order valence-corrected chi connectivity index (χ0v) is 16.9. The lowest BCUT2D eigenvalue weighted by molar-refractivity contribution is -0.0471. The second kappa shape index (κ2) is 7.64. The predicted molar refractivity (Wildman–Crippen MR) is 111 cm³/mol. The van der Waals surface area contributed by atoms with Crippen LogP contribution >= 0.6 is 23.2 Å². The van der Waals surface area contributed by atoms with E-state index >= 15 is 0 Å². The van der Waals surface area contributed by atoms with Crippen LogP contribution in [0.2, 0.25) is 10.2 Å². The SMILES string of the molecule is O[C@@H]1[C@H](O)[C@@H](COc2ccc3c(Cl)ccnc3c2)O[C@H]1n1ccc2c(Cl)ncnc21. The Kier molecular flexibility index (Phi) is 4.96. The molecule has 1 aliphatic rings. The summed E-state index contributed by atoms with van der Waals surface area (Å²) in [5.74, 6) is 0.553. The number of hydrogen-bond acceptors (Lipinski definition) is 7. The Morgan fingerprint density at radius 3 is 2.77 bits per heavy atom. The number of hydrogen-bond donors (Lipinski definition) is 2. The van der Waals surface area contributed by atoms with Gasteiger partial charge in [0.25, 0.3) is 0 Å². The summed E-state index contributed by atoms with van der Waals surface area (Å²) < 4.78 is 13.3. The number of aliphatic hydroxyl groups is 2. The first-order valence-corrected chi connectivity index (χ1v) is 9.94. The number of benzene rings is 1. The van der Waals surface area contributed by atoms with Crippen molar-refractivity contribution in [2.45, 2.75) is 24.5 Å². The molecule has 3 aromatic heterocycles. The number of aromatic nitrogens is 4. The normalized spacial score (nSPS) is 24.0. The Balaban J connectivity index is 1.34. The molecule has 30 heavy (non-hydrogen) atoms.